The zero-order chi connectivity index (χ0) is 14.8. The predicted octanol–water partition coefficient (Wildman–Crippen LogP) is 1.90. The van der Waals surface area contributed by atoms with E-state index in [4.69, 9.17) is 0 Å². The molecule has 0 amide bonds. The van der Waals surface area contributed by atoms with Crippen LogP contribution in [0.2, 0.25) is 0 Å². The van der Waals surface area contributed by atoms with Crippen LogP contribution in [-0.4, -0.2) is 38.1 Å². The first kappa shape index (κ1) is 15.4. The van der Waals surface area contributed by atoms with Crippen molar-refractivity contribution in [3.05, 3.63) is 35.6 Å². The van der Waals surface area contributed by atoms with Gasteiger partial charge in [0.25, 0.3) is 0 Å². The number of hydrogen-bond donors (Lipinski definition) is 1. The second-order valence-electron chi connectivity index (χ2n) is 5.38. The highest BCUT2D eigenvalue weighted by Gasteiger charge is 2.25. The molecule has 0 spiro atoms. The SMILES string of the molecule is CC(NC1CCN(S(C)(=O)=O)CC1)c1cccc(F)c1. The van der Waals surface area contributed by atoms with Gasteiger partial charge in [0, 0.05) is 25.2 Å². The van der Waals surface area contributed by atoms with Crippen LogP contribution in [0.1, 0.15) is 31.4 Å². The van der Waals surface area contributed by atoms with E-state index in [0.717, 1.165) is 18.4 Å². The summed E-state index contributed by atoms with van der Waals surface area (Å²) in [5.74, 6) is -0.233. The summed E-state index contributed by atoms with van der Waals surface area (Å²) < 4.78 is 37.6. The van der Waals surface area contributed by atoms with Gasteiger partial charge in [-0.15, -0.1) is 0 Å². The smallest absolute Gasteiger partial charge is 0.211 e. The van der Waals surface area contributed by atoms with Crippen molar-refractivity contribution in [3.63, 3.8) is 0 Å². The van der Waals surface area contributed by atoms with Crippen LogP contribution < -0.4 is 5.32 Å². The van der Waals surface area contributed by atoms with E-state index in [9.17, 15) is 12.8 Å². The molecule has 20 heavy (non-hydrogen) atoms. The van der Waals surface area contributed by atoms with Crippen LogP contribution >= 0.6 is 0 Å². The zero-order valence-electron chi connectivity index (χ0n) is 11.8. The lowest BCUT2D eigenvalue weighted by molar-refractivity contribution is 0.278. The molecule has 1 saturated heterocycles. The zero-order valence-corrected chi connectivity index (χ0v) is 12.7. The van der Waals surface area contributed by atoms with Gasteiger partial charge in [0.05, 0.1) is 6.26 Å². The molecule has 1 heterocycles. The minimum Gasteiger partial charge on any atom is -0.307 e. The lowest BCUT2D eigenvalue weighted by atomic mass is 10.0. The number of nitrogens with one attached hydrogen (secondary N) is 1. The molecular weight excluding hydrogens is 279 g/mol. The van der Waals surface area contributed by atoms with E-state index in [1.54, 1.807) is 6.07 Å². The van der Waals surface area contributed by atoms with Crippen molar-refractivity contribution >= 4 is 10.0 Å². The quantitative estimate of drug-likeness (QED) is 0.924. The van der Waals surface area contributed by atoms with Crippen molar-refractivity contribution in [2.75, 3.05) is 19.3 Å². The summed E-state index contributed by atoms with van der Waals surface area (Å²) in [6.07, 6.45) is 2.82. The van der Waals surface area contributed by atoms with E-state index in [-0.39, 0.29) is 17.9 Å². The van der Waals surface area contributed by atoms with E-state index >= 15 is 0 Å². The number of benzene rings is 1. The third-order valence-corrected chi connectivity index (χ3v) is 5.06. The fourth-order valence-electron chi connectivity index (χ4n) is 2.58. The molecule has 6 heteroatoms. The number of hydrogen-bond acceptors (Lipinski definition) is 3. The van der Waals surface area contributed by atoms with Gasteiger partial charge < -0.3 is 5.32 Å². The highest BCUT2D eigenvalue weighted by molar-refractivity contribution is 7.88. The molecule has 1 fully saturated rings. The largest absolute Gasteiger partial charge is 0.307 e. The van der Waals surface area contributed by atoms with E-state index in [1.165, 1.54) is 22.7 Å². The Morgan fingerprint density at radius 1 is 1.35 bits per heavy atom. The Morgan fingerprint density at radius 2 is 2.00 bits per heavy atom. The lowest BCUT2D eigenvalue weighted by Gasteiger charge is -2.32. The number of rotatable bonds is 4. The molecular formula is C14H21FN2O2S. The fraction of sp³-hybridized carbons (Fsp3) is 0.571. The standard InChI is InChI=1S/C14H21FN2O2S/c1-11(12-4-3-5-13(15)10-12)16-14-6-8-17(9-7-14)20(2,18)19/h3-5,10-11,14,16H,6-9H2,1-2H3. The number of halogens is 1. The monoisotopic (exact) mass is 300 g/mol. The molecule has 1 aliphatic heterocycles. The van der Waals surface area contributed by atoms with E-state index < -0.39 is 10.0 Å². The molecule has 0 radical (unpaired) electrons. The third-order valence-electron chi connectivity index (χ3n) is 3.76. The summed E-state index contributed by atoms with van der Waals surface area (Å²) in [6.45, 7) is 3.09. The van der Waals surface area contributed by atoms with Gasteiger partial charge in [-0.3, -0.25) is 0 Å². The summed E-state index contributed by atoms with van der Waals surface area (Å²) in [7, 11) is -3.08. The molecule has 1 N–H and O–H groups in total. The van der Waals surface area contributed by atoms with Crippen molar-refractivity contribution < 1.29 is 12.8 Å². The summed E-state index contributed by atoms with van der Waals surface area (Å²) >= 11 is 0. The number of piperidine rings is 1. The fourth-order valence-corrected chi connectivity index (χ4v) is 3.45. The highest BCUT2D eigenvalue weighted by atomic mass is 32.2. The van der Waals surface area contributed by atoms with Crippen LogP contribution in [0.25, 0.3) is 0 Å². The Labute approximate surface area is 120 Å². The Kier molecular flexibility index (Phi) is 4.78. The van der Waals surface area contributed by atoms with Crippen molar-refractivity contribution in [2.45, 2.75) is 31.8 Å². The summed E-state index contributed by atoms with van der Waals surface area (Å²) in [4.78, 5) is 0. The van der Waals surface area contributed by atoms with Crippen LogP contribution in [0, 0.1) is 5.82 Å². The molecule has 0 aliphatic carbocycles. The number of nitrogens with zero attached hydrogens (tertiary/aromatic N) is 1. The van der Waals surface area contributed by atoms with E-state index in [2.05, 4.69) is 5.32 Å². The second-order valence-corrected chi connectivity index (χ2v) is 7.36. The van der Waals surface area contributed by atoms with Gasteiger partial charge in [0.2, 0.25) is 10.0 Å². The maximum absolute atomic E-state index is 13.2. The number of sulfonamides is 1. The first-order chi connectivity index (χ1) is 9.36. The lowest BCUT2D eigenvalue weighted by Crippen LogP contribution is -2.45. The summed E-state index contributed by atoms with van der Waals surface area (Å²) in [6, 6.07) is 6.89. The molecule has 1 aliphatic rings. The van der Waals surface area contributed by atoms with Gasteiger partial charge in [-0.2, -0.15) is 0 Å². The topological polar surface area (TPSA) is 49.4 Å². The molecule has 1 atom stereocenters. The molecule has 1 aromatic rings. The average molecular weight is 300 g/mol. The molecule has 2 rings (SSSR count). The molecule has 112 valence electrons. The molecule has 0 aromatic heterocycles. The van der Waals surface area contributed by atoms with Crippen LogP contribution in [0.5, 0.6) is 0 Å². The van der Waals surface area contributed by atoms with Gasteiger partial charge in [-0.25, -0.2) is 17.1 Å². The van der Waals surface area contributed by atoms with Crippen molar-refractivity contribution in [1.82, 2.24) is 9.62 Å². The summed E-state index contributed by atoms with van der Waals surface area (Å²) in [5.41, 5.74) is 0.913. The van der Waals surface area contributed by atoms with Gasteiger partial charge in [0.15, 0.2) is 0 Å². The van der Waals surface area contributed by atoms with Gasteiger partial charge in [0.1, 0.15) is 5.82 Å². The van der Waals surface area contributed by atoms with Crippen LogP contribution in [-0.2, 0) is 10.0 Å². The third kappa shape index (κ3) is 4.01. The van der Waals surface area contributed by atoms with Crippen LogP contribution in [0.3, 0.4) is 0 Å². The van der Waals surface area contributed by atoms with Gasteiger partial charge in [-0.05, 0) is 37.5 Å². The predicted molar refractivity (Wildman–Crippen MR) is 77.4 cm³/mol. The van der Waals surface area contributed by atoms with Gasteiger partial charge in [-0.1, -0.05) is 12.1 Å². The molecule has 1 unspecified atom stereocenters. The maximum atomic E-state index is 13.2. The van der Waals surface area contributed by atoms with Crippen LogP contribution in [0.4, 0.5) is 4.39 Å². The second kappa shape index (κ2) is 6.20. The van der Waals surface area contributed by atoms with Crippen molar-refractivity contribution in [2.24, 2.45) is 0 Å². The van der Waals surface area contributed by atoms with E-state index in [0.29, 0.717) is 13.1 Å². The highest BCUT2D eigenvalue weighted by Crippen LogP contribution is 2.19. The minimum atomic E-state index is -3.08. The minimum absolute atomic E-state index is 0.0560. The molecule has 0 saturated carbocycles. The summed E-state index contributed by atoms with van der Waals surface area (Å²) in [5, 5.41) is 3.45. The Bertz CT molecular complexity index is 554. The van der Waals surface area contributed by atoms with Crippen molar-refractivity contribution in [1.29, 1.82) is 0 Å². The Hall–Kier alpha value is -0.980. The molecule has 1 aromatic carbocycles. The Morgan fingerprint density at radius 3 is 2.55 bits per heavy atom. The average Bonchev–Trinajstić information content (AvgIpc) is 2.38. The first-order valence-electron chi connectivity index (χ1n) is 6.83. The molecule has 0 bridgehead atoms. The van der Waals surface area contributed by atoms with Gasteiger partial charge >= 0.3 is 0 Å². The van der Waals surface area contributed by atoms with Crippen LogP contribution in [0.15, 0.2) is 24.3 Å². The maximum Gasteiger partial charge on any atom is 0.211 e. The normalized spacial score (nSPS) is 19.9. The first-order valence-corrected chi connectivity index (χ1v) is 8.68. The van der Waals surface area contributed by atoms with Crippen molar-refractivity contribution in [3.8, 4) is 0 Å². The van der Waals surface area contributed by atoms with E-state index in [1.807, 2.05) is 13.0 Å². The Balaban J connectivity index is 1.89. The molecule has 4 nitrogen and oxygen atoms in total.